The summed E-state index contributed by atoms with van der Waals surface area (Å²) in [5.74, 6) is -1.34. The highest BCUT2D eigenvalue weighted by Gasteiger charge is 2.15. The Labute approximate surface area is 109 Å². The van der Waals surface area contributed by atoms with Gasteiger partial charge in [-0.3, -0.25) is 14.6 Å². The largest absolute Gasteiger partial charge is 0.381 e. The normalized spacial score (nSPS) is 12.1. The molecule has 0 saturated heterocycles. The van der Waals surface area contributed by atoms with Crippen LogP contribution in [0.5, 0.6) is 0 Å². The number of rotatable bonds is 4. The zero-order valence-electron chi connectivity index (χ0n) is 10.0. The zero-order valence-corrected chi connectivity index (χ0v) is 10.0. The Bertz CT molecular complexity index is 622. The van der Waals surface area contributed by atoms with Crippen LogP contribution in [0.25, 0.3) is 10.8 Å². The number of pyridine rings is 1. The predicted octanol–water partition coefficient (Wildman–Crippen LogP) is -0.189. The number of aliphatic hydroxyl groups is 1. The highest BCUT2D eigenvalue weighted by Crippen LogP contribution is 2.15. The number of amides is 2. The Morgan fingerprint density at radius 1 is 1.32 bits per heavy atom. The number of primary amides is 1. The van der Waals surface area contributed by atoms with Crippen molar-refractivity contribution in [3.05, 3.63) is 42.2 Å². The highest BCUT2D eigenvalue weighted by atomic mass is 16.3. The number of hydrogen-bond acceptors (Lipinski definition) is 4. The Balaban J connectivity index is 2.20. The maximum atomic E-state index is 11.9. The summed E-state index contributed by atoms with van der Waals surface area (Å²) in [5.41, 5.74) is 5.14. The fourth-order valence-corrected chi connectivity index (χ4v) is 1.67. The van der Waals surface area contributed by atoms with Gasteiger partial charge >= 0.3 is 0 Å². The monoisotopic (exact) mass is 259 g/mol. The molecule has 0 aliphatic carbocycles. The van der Waals surface area contributed by atoms with Gasteiger partial charge in [0.15, 0.2) is 0 Å². The molecule has 0 saturated carbocycles. The van der Waals surface area contributed by atoms with E-state index in [0.29, 0.717) is 5.39 Å². The predicted molar refractivity (Wildman–Crippen MR) is 69.3 cm³/mol. The van der Waals surface area contributed by atoms with E-state index < -0.39 is 17.9 Å². The number of benzene rings is 1. The van der Waals surface area contributed by atoms with Gasteiger partial charge in [-0.05, 0) is 11.5 Å². The molecule has 6 heteroatoms. The molecule has 4 N–H and O–H groups in total. The average Bonchev–Trinajstić information content (AvgIpc) is 2.43. The molecule has 0 spiro atoms. The van der Waals surface area contributed by atoms with Crippen molar-refractivity contribution in [1.82, 2.24) is 10.3 Å². The molecular formula is C13H13N3O3. The molecule has 2 rings (SSSR count). The third-order valence-electron chi connectivity index (χ3n) is 2.67. The van der Waals surface area contributed by atoms with Gasteiger partial charge < -0.3 is 16.2 Å². The van der Waals surface area contributed by atoms with Crippen LogP contribution in [0, 0.1) is 0 Å². The van der Waals surface area contributed by atoms with E-state index in [0.717, 1.165) is 5.39 Å². The van der Waals surface area contributed by atoms with Crippen molar-refractivity contribution in [2.75, 3.05) is 6.54 Å². The number of nitrogens with one attached hydrogen (secondary N) is 1. The van der Waals surface area contributed by atoms with Crippen molar-refractivity contribution in [2.45, 2.75) is 6.10 Å². The Kier molecular flexibility index (Phi) is 3.72. The second-order valence-electron chi connectivity index (χ2n) is 4.01. The van der Waals surface area contributed by atoms with Gasteiger partial charge in [0.1, 0.15) is 11.8 Å². The lowest BCUT2D eigenvalue weighted by Crippen LogP contribution is -2.40. The summed E-state index contributed by atoms with van der Waals surface area (Å²) in [6, 6.07) is 9.11. The first-order valence-corrected chi connectivity index (χ1v) is 5.69. The highest BCUT2D eigenvalue weighted by molar-refractivity contribution is 6.05. The molecular weight excluding hydrogens is 246 g/mol. The minimum absolute atomic E-state index is 0.237. The van der Waals surface area contributed by atoms with Gasteiger partial charge in [0, 0.05) is 11.6 Å². The molecule has 1 aromatic carbocycles. The molecule has 6 nitrogen and oxygen atoms in total. The van der Waals surface area contributed by atoms with Gasteiger partial charge in [-0.15, -0.1) is 0 Å². The Hall–Kier alpha value is -2.47. The number of fused-ring (bicyclic) bond motifs is 1. The van der Waals surface area contributed by atoms with Gasteiger partial charge in [-0.1, -0.05) is 24.3 Å². The first-order chi connectivity index (χ1) is 9.09. The van der Waals surface area contributed by atoms with Gasteiger partial charge in [-0.25, -0.2) is 0 Å². The van der Waals surface area contributed by atoms with Crippen molar-refractivity contribution in [2.24, 2.45) is 5.73 Å². The van der Waals surface area contributed by atoms with Gasteiger partial charge in [0.2, 0.25) is 5.91 Å². The van der Waals surface area contributed by atoms with Crippen molar-refractivity contribution in [1.29, 1.82) is 0 Å². The molecule has 1 aromatic heterocycles. The van der Waals surface area contributed by atoms with Crippen LogP contribution in [0.2, 0.25) is 0 Å². The standard InChI is InChI=1S/C13H13N3O3/c14-12(18)10(17)7-16-13(19)11-9-4-2-1-3-8(9)5-6-15-11/h1-6,10,17H,7H2,(H2,14,18)(H,16,19). The molecule has 0 aliphatic heterocycles. The molecule has 0 bridgehead atoms. The van der Waals surface area contributed by atoms with Crippen LogP contribution in [0.4, 0.5) is 0 Å². The minimum Gasteiger partial charge on any atom is -0.381 e. The van der Waals surface area contributed by atoms with Crippen LogP contribution in [0.1, 0.15) is 10.5 Å². The third-order valence-corrected chi connectivity index (χ3v) is 2.67. The van der Waals surface area contributed by atoms with E-state index in [4.69, 9.17) is 5.73 Å². The van der Waals surface area contributed by atoms with Gasteiger partial charge in [0.05, 0.1) is 6.54 Å². The summed E-state index contributed by atoms with van der Waals surface area (Å²) >= 11 is 0. The lowest BCUT2D eigenvalue weighted by Gasteiger charge is -2.09. The van der Waals surface area contributed by atoms with E-state index in [2.05, 4.69) is 10.3 Å². The van der Waals surface area contributed by atoms with E-state index >= 15 is 0 Å². The van der Waals surface area contributed by atoms with E-state index in [1.54, 1.807) is 18.2 Å². The number of carbonyl (C=O) groups is 2. The Morgan fingerprint density at radius 2 is 2.05 bits per heavy atom. The number of nitrogens with zero attached hydrogens (tertiary/aromatic N) is 1. The number of aliphatic hydroxyl groups excluding tert-OH is 1. The molecule has 1 unspecified atom stereocenters. The van der Waals surface area contributed by atoms with Crippen LogP contribution < -0.4 is 11.1 Å². The Morgan fingerprint density at radius 3 is 2.79 bits per heavy atom. The number of aromatic nitrogens is 1. The summed E-state index contributed by atoms with van der Waals surface area (Å²) in [6.07, 6.45) is 0.126. The maximum absolute atomic E-state index is 11.9. The molecule has 2 amide bonds. The summed E-state index contributed by atoms with van der Waals surface area (Å²) in [4.78, 5) is 26.6. The molecule has 98 valence electrons. The summed E-state index contributed by atoms with van der Waals surface area (Å²) in [7, 11) is 0. The van der Waals surface area contributed by atoms with E-state index in [-0.39, 0.29) is 12.2 Å². The van der Waals surface area contributed by atoms with Crippen LogP contribution in [-0.2, 0) is 4.79 Å². The number of nitrogens with two attached hydrogens (primary N) is 1. The molecule has 0 fully saturated rings. The average molecular weight is 259 g/mol. The first kappa shape index (κ1) is 13.0. The first-order valence-electron chi connectivity index (χ1n) is 5.69. The van der Waals surface area contributed by atoms with Crippen LogP contribution in [0.3, 0.4) is 0 Å². The van der Waals surface area contributed by atoms with Crippen molar-refractivity contribution in [3.8, 4) is 0 Å². The number of carbonyl (C=O) groups excluding carboxylic acids is 2. The fourth-order valence-electron chi connectivity index (χ4n) is 1.67. The topological polar surface area (TPSA) is 105 Å². The second kappa shape index (κ2) is 5.45. The molecule has 1 heterocycles. The van der Waals surface area contributed by atoms with E-state index in [1.807, 2.05) is 12.1 Å². The lowest BCUT2D eigenvalue weighted by atomic mass is 10.1. The van der Waals surface area contributed by atoms with E-state index in [9.17, 15) is 14.7 Å². The minimum atomic E-state index is -1.40. The third kappa shape index (κ3) is 2.86. The van der Waals surface area contributed by atoms with Gasteiger partial charge in [0.25, 0.3) is 5.91 Å². The van der Waals surface area contributed by atoms with Crippen LogP contribution in [0.15, 0.2) is 36.5 Å². The van der Waals surface area contributed by atoms with Crippen LogP contribution >= 0.6 is 0 Å². The zero-order chi connectivity index (χ0) is 13.8. The quantitative estimate of drug-likeness (QED) is 0.707. The molecule has 19 heavy (non-hydrogen) atoms. The van der Waals surface area contributed by atoms with Gasteiger partial charge in [-0.2, -0.15) is 0 Å². The summed E-state index contributed by atoms with van der Waals surface area (Å²) in [5, 5.41) is 13.2. The van der Waals surface area contributed by atoms with Crippen LogP contribution in [-0.4, -0.2) is 34.6 Å². The lowest BCUT2D eigenvalue weighted by molar-refractivity contribution is -0.125. The molecule has 2 aromatic rings. The van der Waals surface area contributed by atoms with E-state index in [1.165, 1.54) is 6.20 Å². The van der Waals surface area contributed by atoms with Crippen molar-refractivity contribution < 1.29 is 14.7 Å². The molecule has 1 atom stereocenters. The fraction of sp³-hybridized carbons (Fsp3) is 0.154. The molecule has 0 aliphatic rings. The summed E-state index contributed by atoms with van der Waals surface area (Å²) < 4.78 is 0. The van der Waals surface area contributed by atoms with Crippen molar-refractivity contribution in [3.63, 3.8) is 0 Å². The molecule has 0 radical (unpaired) electrons. The smallest absolute Gasteiger partial charge is 0.270 e. The number of hydrogen-bond donors (Lipinski definition) is 3. The van der Waals surface area contributed by atoms with Crippen molar-refractivity contribution >= 4 is 22.6 Å². The maximum Gasteiger partial charge on any atom is 0.270 e. The summed E-state index contributed by atoms with van der Waals surface area (Å²) in [6.45, 7) is -0.237. The SMILES string of the molecule is NC(=O)C(O)CNC(=O)c1nccc2ccccc12. The second-order valence-corrected chi connectivity index (χ2v) is 4.01.